The maximum absolute atomic E-state index is 13.4. The molecule has 1 amide bonds. The normalized spacial score (nSPS) is 13.7. The molecule has 2 aromatic heterocycles. The summed E-state index contributed by atoms with van der Waals surface area (Å²) < 4.78 is 11.0. The monoisotopic (exact) mass is 436 g/mol. The van der Waals surface area contributed by atoms with E-state index >= 15 is 0 Å². The number of amides is 1. The number of carbonyl (C=O) groups is 1. The summed E-state index contributed by atoms with van der Waals surface area (Å²) in [4.78, 5) is 30.8. The number of fused-ring (bicyclic) bond motifs is 4. The third-order valence-corrected chi connectivity index (χ3v) is 5.78. The van der Waals surface area contributed by atoms with Crippen molar-refractivity contribution in [3.8, 4) is 5.75 Å². The number of rotatable bonds is 3. The van der Waals surface area contributed by atoms with Crippen molar-refractivity contribution in [2.45, 2.75) is 32.9 Å². The summed E-state index contributed by atoms with van der Waals surface area (Å²) in [5, 5.41) is 2.27. The lowest BCUT2D eigenvalue weighted by atomic mass is 10.0. The molecule has 1 aliphatic rings. The van der Waals surface area contributed by atoms with Crippen molar-refractivity contribution in [3.05, 3.63) is 74.7 Å². The number of H-pyrrole nitrogens is 1. The van der Waals surface area contributed by atoms with Crippen LogP contribution in [-0.2, 0) is 13.0 Å². The molecule has 0 saturated heterocycles. The van der Waals surface area contributed by atoms with Gasteiger partial charge in [0.15, 0.2) is 0 Å². The second-order valence-corrected chi connectivity index (χ2v) is 8.49. The number of hydrogen-bond donors (Lipinski definition) is 1. The lowest BCUT2D eigenvalue weighted by molar-refractivity contribution is 0.0736. The quantitative estimate of drug-likeness (QED) is 0.463. The van der Waals surface area contributed by atoms with Gasteiger partial charge in [-0.05, 0) is 44.2 Å². The molecule has 0 spiro atoms. The van der Waals surface area contributed by atoms with E-state index in [9.17, 15) is 9.59 Å². The number of hydrogen-bond acceptors (Lipinski definition) is 4. The van der Waals surface area contributed by atoms with Gasteiger partial charge >= 0.3 is 5.63 Å². The molecule has 0 aliphatic carbocycles. The van der Waals surface area contributed by atoms with Gasteiger partial charge in [-0.2, -0.15) is 0 Å². The zero-order chi connectivity index (χ0) is 21.7. The number of nitrogens with one attached hydrogen (secondary N) is 1. The van der Waals surface area contributed by atoms with Crippen LogP contribution in [0.5, 0.6) is 5.75 Å². The molecule has 5 rings (SSSR count). The summed E-state index contributed by atoms with van der Waals surface area (Å²) >= 11 is 6.19. The highest BCUT2D eigenvalue weighted by atomic mass is 35.5. The van der Waals surface area contributed by atoms with E-state index < -0.39 is 5.63 Å². The van der Waals surface area contributed by atoms with Crippen LogP contribution < -0.4 is 10.4 Å². The standard InChI is InChI=1S/C24H21ClN2O4/c1-13(2)30-15-4-5-16-18(11-23(28)31-22(16)10-15)24(29)27-8-7-21-19(12-27)17-9-14(25)3-6-20(17)26-21/h3-6,9-11,13,26H,7-8,12H2,1-2H3. The van der Waals surface area contributed by atoms with Crippen LogP contribution in [0, 0.1) is 0 Å². The molecule has 4 aromatic rings. The van der Waals surface area contributed by atoms with Crippen molar-refractivity contribution in [1.82, 2.24) is 9.88 Å². The third kappa shape index (κ3) is 3.57. The van der Waals surface area contributed by atoms with E-state index in [0.717, 1.165) is 22.2 Å². The summed E-state index contributed by atoms with van der Waals surface area (Å²) in [5.41, 5.74) is 3.31. The van der Waals surface area contributed by atoms with Crippen LogP contribution in [-0.4, -0.2) is 28.4 Å². The number of ether oxygens (including phenoxy) is 1. The van der Waals surface area contributed by atoms with E-state index in [1.54, 1.807) is 23.1 Å². The summed E-state index contributed by atoms with van der Waals surface area (Å²) in [6.07, 6.45) is 0.695. The number of carbonyl (C=O) groups excluding carboxylic acids is 1. The third-order valence-electron chi connectivity index (χ3n) is 5.54. The zero-order valence-corrected chi connectivity index (χ0v) is 18.0. The molecule has 158 valence electrons. The van der Waals surface area contributed by atoms with Crippen molar-refractivity contribution < 1.29 is 13.9 Å². The Morgan fingerprint density at radius 1 is 1.16 bits per heavy atom. The Balaban J connectivity index is 1.52. The number of nitrogens with zero attached hydrogens (tertiary/aromatic N) is 1. The van der Waals surface area contributed by atoms with Crippen LogP contribution in [0.15, 0.2) is 51.7 Å². The maximum atomic E-state index is 13.4. The summed E-state index contributed by atoms with van der Waals surface area (Å²) in [7, 11) is 0. The predicted molar refractivity (Wildman–Crippen MR) is 120 cm³/mol. The molecule has 1 N–H and O–H groups in total. The molecular formula is C24H21ClN2O4. The Morgan fingerprint density at radius 3 is 2.81 bits per heavy atom. The average molecular weight is 437 g/mol. The minimum atomic E-state index is -0.561. The Labute approximate surface area is 183 Å². The van der Waals surface area contributed by atoms with Gasteiger partial charge in [0.1, 0.15) is 11.3 Å². The summed E-state index contributed by atoms with van der Waals surface area (Å²) in [6.45, 7) is 4.85. The van der Waals surface area contributed by atoms with Gasteiger partial charge in [0, 0.05) is 64.2 Å². The molecule has 6 nitrogen and oxygen atoms in total. The second kappa shape index (κ2) is 7.46. The highest BCUT2D eigenvalue weighted by Gasteiger charge is 2.26. The largest absolute Gasteiger partial charge is 0.491 e. The van der Waals surface area contributed by atoms with Gasteiger partial charge in [0.25, 0.3) is 5.91 Å². The number of aromatic nitrogens is 1. The molecule has 1 aliphatic heterocycles. The molecule has 2 aromatic carbocycles. The predicted octanol–water partition coefficient (Wildman–Crippen LogP) is 4.91. The van der Waals surface area contributed by atoms with Crippen LogP contribution in [0.2, 0.25) is 5.02 Å². The van der Waals surface area contributed by atoms with E-state index in [-0.39, 0.29) is 12.0 Å². The molecule has 0 fully saturated rings. The molecule has 0 radical (unpaired) electrons. The van der Waals surface area contributed by atoms with Gasteiger partial charge in [0.05, 0.1) is 11.7 Å². The molecule has 0 atom stereocenters. The van der Waals surface area contributed by atoms with Crippen LogP contribution in [0.1, 0.15) is 35.5 Å². The first-order chi connectivity index (χ1) is 14.9. The van der Waals surface area contributed by atoms with Crippen LogP contribution in [0.25, 0.3) is 21.9 Å². The minimum absolute atomic E-state index is 0.0128. The van der Waals surface area contributed by atoms with Crippen LogP contribution >= 0.6 is 11.6 Å². The molecule has 0 bridgehead atoms. The highest BCUT2D eigenvalue weighted by molar-refractivity contribution is 6.31. The van der Waals surface area contributed by atoms with Crippen molar-refractivity contribution >= 4 is 39.4 Å². The van der Waals surface area contributed by atoms with E-state index in [1.807, 2.05) is 32.0 Å². The lowest BCUT2D eigenvalue weighted by Crippen LogP contribution is -2.36. The van der Waals surface area contributed by atoms with E-state index in [1.165, 1.54) is 6.07 Å². The fraction of sp³-hybridized carbons (Fsp3) is 0.250. The molecule has 0 saturated carbocycles. The Hall–Kier alpha value is -3.25. The first-order valence-electron chi connectivity index (χ1n) is 10.2. The van der Waals surface area contributed by atoms with Gasteiger partial charge in [-0.1, -0.05) is 11.6 Å². The molecule has 7 heteroatoms. The van der Waals surface area contributed by atoms with Crippen LogP contribution in [0.4, 0.5) is 0 Å². The number of aromatic amines is 1. The molecule has 31 heavy (non-hydrogen) atoms. The lowest BCUT2D eigenvalue weighted by Gasteiger charge is -2.27. The fourth-order valence-corrected chi connectivity index (χ4v) is 4.37. The summed E-state index contributed by atoms with van der Waals surface area (Å²) in [6, 6.07) is 12.2. The van der Waals surface area contributed by atoms with Gasteiger partial charge in [0.2, 0.25) is 0 Å². The first kappa shape index (κ1) is 19.7. The van der Waals surface area contributed by atoms with Gasteiger partial charge in [-0.15, -0.1) is 0 Å². The van der Waals surface area contributed by atoms with Crippen molar-refractivity contribution in [3.63, 3.8) is 0 Å². The summed E-state index contributed by atoms with van der Waals surface area (Å²) in [5.74, 6) is 0.394. The SMILES string of the molecule is CC(C)Oc1ccc2c(C(=O)N3CCc4[nH]c5ccc(Cl)cc5c4C3)cc(=O)oc2c1. The van der Waals surface area contributed by atoms with Gasteiger partial charge in [-0.3, -0.25) is 4.79 Å². The van der Waals surface area contributed by atoms with E-state index in [4.69, 9.17) is 20.8 Å². The number of halogens is 1. The van der Waals surface area contributed by atoms with Crippen molar-refractivity contribution in [2.75, 3.05) is 6.54 Å². The average Bonchev–Trinajstić information content (AvgIpc) is 3.09. The molecule has 0 unspecified atom stereocenters. The molecular weight excluding hydrogens is 416 g/mol. The first-order valence-corrected chi connectivity index (χ1v) is 10.6. The zero-order valence-electron chi connectivity index (χ0n) is 17.2. The topological polar surface area (TPSA) is 75.5 Å². The fourth-order valence-electron chi connectivity index (χ4n) is 4.20. The number of benzene rings is 2. The Morgan fingerprint density at radius 2 is 2.00 bits per heavy atom. The van der Waals surface area contributed by atoms with E-state index in [2.05, 4.69) is 4.98 Å². The maximum Gasteiger partial charge on any atom is 0.337 e. The van der Waals surface area contributed by atoms with Crippen LogP contribution in [0.3, 0.4) is 0 Å². The highest BCUT2D eigenvalue weighted by Crippen LogP contribution is 2.31. The van der Waals surface area contributed by atoms with Gasteiger partial charge in [-0.25, -0.2) is 4.79 Å². The molecule has 3 heterocycles. The minimum Gasteiger partial charge on any atom is -0.491 e. The smallest absolute Gasteiger partial charge is 0.337 e. The second-order valence-electron chi connectivity index (χ2n) is 8.05. The Bertz CT molecular complexity index is 1390. The van der Waals surface area contributed by atoms with Crippen molar-refractivity contribution in [1.29, 1.82) is 0 Å². The van der Waals surface area contributed by atoms with E-state index in [0.29, 0.717) is 46.8 Å². The van der Waals surface area contributed by atoms with Crippen molar-refractivity contribution in [2.24, 2.45) is 0 Å². The van der Waals surface area contributed by atoms with Gasteiger partial charge < -0.3 is 19.0 Å². The Kier molecular flexibility index (Phi) is 4.74.